The summed E-state index contributed by atoms with van der Waals surface area (Å²) < 4.78 is 0. The Morgan fingerprint density at radius 1 is 0.842 bits per heavy atom. The van der Waals surface area contributed by atoms with Crippen LogP contribution < -0.4 is 0 Å². The number of halogens is 2. The van der Waals surface area contributed by atoms with Crippen LogP contribution in [0.5, 0.6) is 0 Å². The van der Waals surface area contributed by atoms with Gasteiger partial charge in [0, 0.05) is 21.8 Å². The van der Waals surface area contributed by atoms with E-state index >= 15 is 0 Å². The van der Waals surface area contributed by atoms with Gasteiger partial charge < -0.3 is 0 Å². The van der Waals surface area contributed by atoms with E-state index in [9.17, 15) is 0 Å². The topological polar surface area (TPSA) is 25.8 Å². The van der Waals surface area contributed by atoms with Crippen LogP contribution in [-0.2, 0) is 12.8 Å². The van der Waals surface area contributed by atoms with Crippen LogP contribution in [-0.4, -0.2) is 9.97 Å². The van der Waals surface area contributed by atoms with E-state index in [-0.39, 0.29) is 0 Å². The van der Waals surface area contributed by atoms with Gasteiger partial charge in [-0.1, -0.05) is 29.6 Å². The molecule has 1 heterocycles. The van der Waals surface area contributed by atoms with E-state index in [1.54, 1.807) is 0 Å². The number of hydrogen-bond donors (Lipinski definition) is 0. The maximum atomic E-state index is 6.32. The fourth-order valence-electron chi connectivity index (χ4n) is 2.45. The van der Waals surface area contributed by atoms with Crippen molar-refractivity contribution in [1.29, 1.82) is 0 Å². The Morgan fingerprint density at radius 2 is 1.58 bits per heavy atom. The van der Waals surface area contributed by atoms with Crippen LogP contribution >= 0.6 is 23.2 Å². The first-order valence-corrected chi connectivity index (χ1v) is 7.31. The van der Waals surface area contributed by atoms with Crippen LogP contribution in [0.3, 0.4) is 0 Å². The highest BCUT2D eigenvalue weighted by Gasteiger charge is 2.16. The van der Waals surface area contributed by atoms with Crippen molar-refractivity contribution >= 4 is 23.2 Å². The molecule has 1 aliphatic rings. The molecule has 3 rings (SSSR count). The molecule has 0 N–H and O–H groups in total. The van der Waals surface area contributed by atoms with Crippen LogP contribution in [0.1, 0.15) is 30.5 Å². The first-order valence-electron chi connectivity index (χ1n) is 6.55. The molecule has 0 spiro atoms. The fourth-order valence-corrected chi connectivity index (χ4v) is 2.86. The molecular weight excluding hydrogens is 279 g/mol. The van der Waals surface area contributed by atoms with E-state index in [1.807, 2.05) is 24.3 Å². The maximum absolute atomic E-state index is 6.32. The van der Waals surface area contributed by atoms with E-state index in [0.717, 1.165) is 29.7 Å². The normalized spacial score (nSPS) is 14.8. The van der Waals surface area contributed by atoms with Crippen LogP contribution in [0, 0.1) is 0 Å². The van der Waals surface area contributed by atoms with Gasteiger partial charge in [-0.05, 0) is 49.9 Å². The highest BCUT2D eigenvalue weighted by Crippen LogP contribution is 2.28. The average Bonchev–Trinajstić information content (AvgIpc) is 2.65. The lowest BCUT2D eigenvalue weighted by Crippen LogP contribution is -2.02. The summed E-state index contributed by atoms with van der Waals surface area (Å²) in [6, 6.07) is 7.55. The van der Waals surface area contributed by atoms with E-state index in [0.29, 0.717) is 16.0 Å². The molecule has 2 nitrogen and oxygen atoms in total. The molecular formula is C15H14Cl2N2. The third kappa shape index (κ3) is 2.75. The number of fused-ring (bicyclic) bond motifs is 1. The second kappa shape index (κ2) is 5.48. The molecule has 2 aromatic rings. The molecule has 1 aliphatic carbocycles. The Kier molecular flexibility index (Phi) is 3.72. The molecule has 0 unspecified atom stereocenters. The van der Waals surface area contributed by atoms with Gasteiger partial charge in [-0.3, -0.25) is 0 Å². The molecule has 19 heavy (non-hydrogen) atoms. The summed E-state index contributed by atoms with van der Waals surface area (Å²) in [7, 11) is 0. The molecule has 4 heteroatoms. The zero-order valence-corrected chi connectivity index (χ0v) is 12.0. The zero-order valence-electron chi connectivity index (χ0n) is 10.5. The Hall–Kier alpha value is -1.12. The molecule has 0 radical (unpaired) electrons. The van der Waals surface area contributed by atoms with E-state index in [1.165, 1.54) is 19.3 Å². The van der Waals surface area contributed by atoms with Crippen molar-refractivity contribution in [2.75, 3.05) is 0 Å². The van der Waals surface area contributed by atoms with Crippen molar-refractivity contribution in [3.63, 3.8) is 0 Å². The monoisotopic (exact) mass is 292 g/mol. The van der Waals surface area contributed by atoms with Crippen molar-refractivity contribution in [2.45, 2.75) is 32.1 Å². The molecule has 1 aromatic heterocycles. The summed E-state index contributed by atoms with van der Waals surface area (Å²) in [4.78, 5) is 9.13. The number of aryl methyl sites for hydroxylation is 1. The van der Waals surface area contributed by atoms with Gasteiger partial charge in [-0.25, -0.2) is 9.97 Å². The average molecular weight is 293 g/mol. The minimum absolute atomic E-state index is 0.608. The van der Waals surface area contributed by atoms with Crippen molar-refractivity contribution in [3.8, 4) is 11.4 Å². The van der Waals surface area contributed by atoms with Crippen LogP contribution in [0.2, 0.25) is 10.2 Å². The third-order valence-electron chi connectivity index (χ3n) is 3.49. The molecule has 0 saturated heterocycles. The Balaban J connectivity index is 2.06. The molecule has 0 fully saturated rings. The summed E-state index contributed by atoms with van der Waals surface area (Å²) in [6.07, 6.45) is 5.59. The molecule has 0 saturated carbocycles. The van der Waals surface area contributed by atoms with Gasteiger partial charge in [-0.15, -0.1) is 0 Å². The standard InChI is InChI=1S/C15H14Cl2N2/c16-11-8-6-10(7-9-11)15-18-13-5-3-1-2-4-12(13)14(17)19-15/h6-9H,1-5H2. The number of rotatable bonds is 1. The number of aromatic nitrogens is 2. The summed E-state index contributed by atoms with van der Waals surface area (Å²) in [5.74, 6) is 0.697. The molecule has 0 aliphatic heterocycles. The number of benzene rings is 1. The minimum atomic E-state index is 0.608. The van der Waals surface area contributed by atoms with Gasteiger partial charge in [0.1, 0.15) is 5.15 Å². The highest BCUT2D eigenvalue weighted by molar-refractivity contribution is 6.30. The minimum Gasteiger partial charge on any atom is -0.233 e. The Morgan fingerprint density at radius 3 is 2.37 bits per heavy atom. The van der Waals surface area contributed by atoms with E-state index in [4.69, 9.17) is 28.2 Å². The second-order valence-corrected chi connectivity index (χ2v) is 5.63. The van der Waals surface area contributed by atoms with Gasteiger partial charge >= 0.3 is 0 Å². The van der Waals surface area contributed by atoms with Gasteiger partial charge in [-0.2, -0.15) is 0 Å². The Bertz CT molecular complexity index is 594. The number of hydrogen-bond acceptors (Lipinski definition) is 2. The first kappa shape index (κ1) is 12.9. The summed E-state index contributed by atoms with van der Waals surface area (Å²) in [6.45, 7) is 0. The fraction of sp³-hybridized carbons (Fsp3) is 0.333. The second-order valence-electron chi connectivity index (χ2n) is 4.83. The van der Waals surface area contributed by atoms with Crippen molar-refractivity contribution in [1.82, 2.24) is 9.97 Å². The van der Waals surface area contributed by atoms with Gasteiger partial charge in [0.15, 0.2) is 5.82 Å². The zero-order chi connectivity index (χ0) is 13.2. The van der Waals surface area contributed by atoms with Gasteiger partial charge in [0.05, 0.1) is 0 Å². The van der Waals surface area contributed by atoms with Crippen LogP contribution in [0.15, 0.2) is 24.3 Å². The Labute approximate surface area is 122 Å². The lowest BCUT2D eigenvalue weighted by Gasteiger charge is -2.09. The lowest BCUT2D eigenvalue weighted by atomic mass is 10.1. The first-order chi connectivity index (χ1) is 9.24. The van der Waals surface area contributed by atoms with E-state index in [2.05, 4.69) is 4.98 Å². The van der Waals surface area contributed by atoms with Crippen molar-refractivity contribution < 1.29 is 0 Å². The molecule has 98 valence electrons. The lowest BCUT2D eigenvalue weighted by molar-refractivity contribution is 0.709. The van der Waals surface area contributed by atoms with Crippen molar-refractivity contribution in [2.24, 2.45) is 0 Å². The summed E-state index contributed by atoms with van der Waals surface area (Å²) >= 11 is 12.2. The number of nitrogens with zero attached hydrogens (tertiary/aromatic N) is 2. The van der Waals surface area contributed by atoms with Crippen LogP contribution in [0.25, 0.3) is 11.4 Å². The smallest absolute Gasteiger partial charge is 0.161 e. The highest BCUT2D eigenvalue weighted by atomic mass is 35.5. The quantitative estimate of drug-likeness (QED) is 0.561. The van der Waals surface area contributed by atoms with Gasteiger partial charge in [0.25, 0.3) is 0 Å². The predicted octanol–water partition coefficient (Wildman–Crippen LogP) is 4.72. The molecule has 0 atom stereocenters. The maximum Gasteiger partial charge on any atom is 0.161 e. The summed E-state index contributed by atoms with van der Waals surface area (Å²) in [5, 5.41) is 1.32. The van der Waals surface area contributed by atoms with Crippen molar-refractivity contribution in [3.05, 3.63) is 45.7 Å². The van der Waals surface area contributed by atoms with Gasteiger partial charge in [0.2, 0.25) is 0 Å². The summed E-state index contributed by atoms with van der Waals surface area (Å²) in [5.41, 5.74) is 3.21. The molecule has 0 amide bonds. The SMILES string of the molecule is Clc1ccc(-c2nc(Cl)c3c(n2)CCCCC3)cc1. The molecule has 1 aromatic carbocycles. The largest absolute Gasteiger partial charge is 0.233 e. The molecule has 0 bridgehead atoms. The third-order valence-corrected chi connectivity index (χ3v) is 4.05. The predicted molar refractivity (Wildman–Crippen MR) is 78.7 cm³/mol. The van der Waals surface area contributed by atoms with E-state index < -0.39 is 0 Å². The van der Waals surface area contributed by atoms with Crippen LogP contribution in [0.4, 0.5) is 0 Å².